The third-order valence-corrected chi connectivity index (χ3v) is 9.10. The lowest BCUT2D eigenvalue weighted by molar-refractivity contribution is 0.0507. The average molecular weight is 647 g/mol. The van der Waals surface area contributed by atoms with E-state index in [0.717, 1.165) is 47.0 Å². The van der Waals surface area contributed by atoms with E-state index < -0.39 is 14.5 Å². The minimum Gasteiger partial charge on any atom is -0.497 e. The summed E-state index contributed by atoms with van der Waals surface area (Å²) in [6.45, 7) is 14.2. The fourth-order valence-corrected chi connectivity index (χ4v) is 6.69. The van der Waals surface area contributed by atoms with Crippen molar-refractivity contribution < 1.29 is 32.8 Å². The lowest BCUT2D eigenvalue weighted by Gasteiger charge is -2.41. The quantitative estimate of drug-likeness (QED) is 0.106. The van der Waals surface area contributed by atoms with Crippen LogP contribution in [0.1, 0.15) is 69.2 Å². The molecule has 0 N–H and O–H groups in total. The van der Waals surface area contributed by atoms with E-state index in [1.807, 2.05) is 48.5 Å². The maximum absolute atomic E-state index is 6.41. The van der Waals surface area contributed by atoms with Gasteiger partial charge < -0.3 is 32.8 Å². The Morgan fingerprint density at radius 2 is 1.63 bits per heavy atom. The molecule has 0 aliphatic carbocycles. The minimum atomic E-state index is -1.19. The molecule has 0 saturated carbocycles. The Balaban J connectivity index is 1.57. The molecule has 1 aliphatic heterocycles. The molecule has 248 valence electrons. The molecule has 3 aromatic rings. The molecule has 46 heavy (non-hydrogen) atoms. The predicted molar refractivity (Wildman–Crippen MR) is 185 cm³/mol. The normalized spacial score (nSPS) is 18.1. The van der Waals surface area contributed by atoms with Crippen LogP contribution in [0.3, 0.4) is 0 Å². The van der Waals surface area contributed by atoms with Crippen molar-refractivity contribution in [2.24, 2.45) is 5.41 Å². The second-order valence-electron chi connectivity index (χ2n) is 13.4. The van der Waals surface area contributed by atoms with Gasteiger partial charge in [0.15, 0.2) is 15.8 Å². The summed E-state index contributed by atoms with van der Waals surface area (Å²) < 4.78 is 40.9. The maximum atomic E-state index is 6.41. The zero-order valence-electron chi connectivity index (χ0n) is 28.9. The standard InChI is InChI=1S/C38H50O7Si/c1-37(2,3)21-20-34(45-46(8)9)27-12-14-28(15-13-27)42-22-10-11-32-31-18-16-30(44-26-39-5)24-35(31)43-25-38(32,4)33-19-17-29(40-6)23-36(33)41-7/h12-19,23-24,32,34,46H,20-22,25-26H2,1-9H3. The van der Waals surface area contributed by atoms with Gasteiger partial charge in [0.2, 0.25) is 0 Å². The van der Waals surface area contributed by atoms with E-state index in [1.54, 1.807) is 21.3 Å². The van der Waals surface area contributed by atoms with Gasteiger partial charge in [-0.25, -0.2) is 0 Å². The molecular weight excluding hydrogens is 596 g/mol. The van der Waals surface area contributed by atoms with Crippen LogP contribution in [0.2, 0.25) is 13.1 Å². The zero-order valence-corrected chi connectivity index (χ0v) is 30.1. The van der Waals surface area contributed by atoms with E-state index >= 15 is 0 Å². The summed E-state index contributed by atoms with van der Waals surface area (Å²) in [5, 5.41) is 0. The van der Waals surface area contributed by atoms with E-state index in [4.69, 9.17) is 32.8 Å². The monoisotopic (exact) mass is 646 g/mol. The second kappa shape index (κ2) is 15.8. The molecule has 0 fully saturated rings. The smallest absolute Gasteiger partial charge is 0.188 e. The third kappa shape index (κ3) is 9.00. The van der Waals surface area contributed by atoms with Gasteiger partial charge in [-0.05, 0) is 61.2 Å². The number of benzene rings is 3. The van der Waals surface area contributed by atoms with Gasteiger partial charge in [-0.15, -0.1) is 0 Å². The Hall–Kier alpha value is -3.64. The minimum absolute atomic E-state index is 0.112. The summed E-state index contributed by atoms with van der Waals surface area (Å²) in [6.07, 6.45) is 2.22. The zero-order chi connectivity index (χ0) is 33.3. The molecule has 0 aromatic heterocycles. The van der Waals surface area contributed by atoms with Crippen molar-refractivity contribution in [1.82, 2.24) is 0 Å². The highest BCUT2D eigenvalue weighted by molar-refractivity contribution is 6.48. The van der Waals surface area contributed by atoms with Crippen molar-refractivity contribution in [3.05, 3.63) is 77.4 Å². The van der Waals surface area contributed by atoms with Crippen LogP contribution in [0.25, 0.3) is 0 Å². The lowest BCUT2D eigenvalue weighted by atomic mass is 9.68. The van der Waals surface area contributed by atoms with E-state index in [9.17, 15) is 0 Å². The first kappa shape index (κ1) is 35.2. The van der Waals surface area contributed by atoms with Crippen molar-refractivity contribution in [2.45, 2.75) is 71.1 Å². The first-order valence-corrected chi connectivity index (χ1v) is 18.7. The Morgan fingerprint density at radius 1 is 0.913 bits per heavy atom. The Labute approximate surface area is 277 Å². The Morgan fingerprint density at radius 3 is 2.28 bits per heavy atom. The van der Waals surface area contributed by atoms with Gasteiger partial charge in [-0.2, -0.15) is 0 Å². The number of ether oxygens (including phenoxy) is 6. The lowest BCUT2D eigenvalue weighted by Crippen LogP contribution is -2.40. The first-order chi connectivity index (χ1) is 22.0. The molecule has 8 heteroatoms. The average Bonchev–Trinajstić information content (AvgIpc) is 3.04. The van der Waals surface area contributed by atoms with Crippen molar-refractivity contribution in [3.8, 4) is 40.6 Å². The van der Waals surface area contributed by atoms with Crippen molar-refractivity contribution in [2.75, 3.05) is 41.3 Å². The van der Waals surface area contributed by atoms with Gasteiger partial charge in [0.05, 0.1) is 32.8 Å². The van der Waals surface area contributed by atoms with Gasteiger partial charge >= 0.3 is 0 Å². The molecular formula is C38H50O7Si. The highest BCUT2D eigenvalue weighted by atomic mass is 28.3. The molecule has 1 aliphatic rings. The van der Waals surface area contributed by atoms with Crippen LogP contribution in [-0.2, 0) is 14.6 Å². The van der Waals surface area contributed by atoms with Crippen LogP contribution in [0, 0.1) is 17.3 Å². The fraction of sp³-hybridized carbons (Fsp3) is 0.474. The second-order valence-corrected chi connectivity index (χ2v) is 15.8. The summed E-state index contributed by atoms with van der Waals surface area (Å²) in [5.41, 5.74) is 2.91. The third-order valence-electron chi connectivity index (χ3n) is 8.23. The van der Waals surface area contributed by atoms with Gasteiger partial charge in [0, 0.05) is 35.8 Å². The SMILES string of the molecule is COCOc1ccc2c(c1)OCC(C)(c1ccc(OC)cc1OC)C2C#CCOc1ccc(C(CCC(C)(C)C)O[SiH](C)C)cc1. The molecule has 3 unspecified atom stereocenters. The van der Waals surface area contributed by atoms with Gasteiger partial charge in [0.25, 0.3) is 0 Å². The van der Waals surface area contributed by atoms with E-state index in [2.05, 4.69) is 64.8 Å². The van der Waals surface area contributed by atoms with Crippen molar-refractivity contribution in [3.63, 3.8) is 0 Å². The first-order valence-electron chi connectivity index (χ1n) is 15.9. The molecule has 3 atom stereocenters. The molecule has 0 bridgehead atoms. The molecule has 0 amide bonds. The molecule has 4 rings (SSSR count). The summed E-state index contributed by atoms with van der Waals surface area (Å²) in [6, 6.07) is 20.0. The van der Waals surface area contributed by atoms with E-state index in [-0.39, 0.29) is 30.8 Å². The molecule has 1 heterocycles. The maximum Gasteiger partial charge on any atom is 0.188 e. The molecule has 0 saturated heterocycles. The van der Waals surface area contributed by atoms with Crippen LogP contribution in [-0.4, -0.2) is 50.4 Å². The summed E-state index contributed by atoms with van der Waals surface area (Å²) >= 11 is 0. The number of methoxy groups -OCH3 is 3. The van der Waals surface area contributed by atoms with Gasteiger partial charge in [0.1, 0.15) is 35.4 Å². The van der Waals surface area contributed by atoms with Crippen LogP contribution in [0.4, 0.5) is 0 Å². The number of hydrogen-bond donors (Lipinski definition) is 0. The highest BCUT2D eigenvalue weighted by Crippen LogP contribution is 2.50. The topological polar surface area (TPSA) is 64.6 Å². The molecule has 3 aromatic carbocycles. The van der Waals surface area contributed by atoms with Gasteiger partial charge in [-0.1, -0.05) is 63.8 Å². The van der Waals surface area contributed by atoms with Crippen LogP contribution < -0.4 is 23.7 Å². The molecule has 7 nitrogen and oxygen atoms in total. The molecule has 0 spiro atoms. The predicted octanol–water partition coefficient (Wildman–Crippen LogP) is 8.07. The van der Waals surface area contributed by atoms with E-state index in [1.165, 1.54) is 5.56 Å². The number of hydrogen-bond acceptors (Lipinski definition) is 7. The largest absolute Gasteiger partial charge is 0.497 e. The van der Waals surface area contributed by atoms with Crippen molar-refractivity contribution >= 4 is 9.04 Å². The van der Waals surface area contributed by atoms with Crippen LogP contribution >= 0.6 is 0 Å². The van der Waals surface area contributed by atoms with Crippen LogP contribution in [0.5, 0.6) is 28.7 Å². The van der Waals surface area contributed by atoms with E-state index in [0.29, 0.717) is 12.4 Å². The number of rotatable bonds is 13. The summed E-state index contributed by atoms with van der Waals surface area (Å²) in [4.78, 5) is 0. The van der Waals surface area contributed by atoms with Gasteiger partial charge in [-0.3, -0.25) is 0 Å². The Kier molecular flexibility index (Phi) is 12.1. The van der Waals surface area contributed by atoms with Crippen LogP contribution in [0.15, 0.2) is 60.7 Å². The Bertz CT molecular complexity index is 1490. The van der Waals surface area contributed by atoms with Crippen molar-refractivity contribution in [1.29, 1.82) is 0 Å². The molecule has 0 radical (unpaired) electrons. The summed E-state index contributed by atoms with van der Waals surface area (Å²) in [7, 11) is 3.72. The highest BCUT2D eigenvalue weighted by Gasteiger charge is 2.44. The summed E-state index contributed by atoms with van der Waals surface area (Å²) in [5.74, 6) is 10.3. The fourth-order valence-electron chi connectivity index (χ4n) is 5.74. The number of fused-ring (bicyclic) bond motifs is 1.